The molecule has 1 fully saturated rings. The standard InChI is InChI=1S/C27H25N5O4/c1-27(15-14-19-7-3-2-4-8-19)25(34)32(26(35)29-27)30-24(33)20-10-12-22(13-11-20)36-18-21-17-31-16-6-5-9-23(31)28-21/h2-13,16-17H,14-15,18H2,1H3,(H,29,35)(H,30,33). The van der Waals surface area contributed by atoms with Crippen LogP contribution in [0.1, 0.15) is 35.0 Å². The van der Waals surface area contributed by atoms with E-state index in [2.05, 4.69) is 15.7 Å². The van der Waals surface area contributed by atoms with Crippen LogP contribution in [-0.4, -0.2) is 37.8 Å². The van der Waals surface area contributed by atoms with Crippen LogP contribution in [0.4, 0.5) is 4.79 Å². The molecule has 0 spiro atoms. The Hall–Kier alpha value is -4.66. The van der Waals surface area contributed by atoms with E-state index in [1.54, 1.807) is 31.2 Å². The predicted octanol–water partition coefficient (Wildman–Crippen LogP) is 3.50. The first kappa shape index (κ1) is 23.1. The number of hydrazine groups is 1. The number of pyridine rings is 1. The molecule has 0 radical (unpaired) electrons. The second-order valence-corrected chi connectivity index (χ2v) is 8.84. The van der Waals surface area contributed by atoms with E-state index in [0.717, 1.165) is 21.9 Å². The van der Waals surface area contributed by atoms with Crippen molar-refractivity contribution in [2.24, 2.45) is 0 Å². The van der Waals surface area contributed by atoms with Gasteiger partial charge in [0, 0.05) is 18.0 Å². The van der Waals surface area contributed by atoms with Gasteiger partial charge in [0.25, 0.3) is 11.8 Å². The first-order valence-corrected chi connectivity index (χ1v) is 11.6. The van der Waals surface area contributed by atoms with Gasteiger partial charge in [-0.15, -0.1) is 0 Å². The number of amides is 4. The molecular weight excluding hydrogens is 458 g/mol. The van der Waals surface area contributed by atoms with Gasteiger partial charge in [-0.05, 0) is 61.7 Å². The van der Waals surface area contributed by atoms with Gasteiger partial charge in [-0.2, -0.15) is 5.01 Å². The Morgan fingerprint density at radius 1 is 1.03 bits per heavy atom. The number of carbonyl (C=O) groups is 3. The highest BCUT2D eigenvalue weighted by molar-refractivity contribution is 6.09. The Morgan fingerprint density at radius 3 is 2.53 bits per heavy atom. The van der Waals surface area contributed by atoms with Crippen LogP contribution in [0.2, 0.25) is 0 Å². The van der Waals surface area contributed by atoms with E-state index in [4.69, 9.17) is 4.74 Å². The van der Waals surface area contributed by atoms with Gasteiger partial charge in [0.2, 0.25) is 0 Å². The lowest BCUT2D eigenvalue weighted by Crippen LogP contribution is -2.48. The second-order valence-electron chi connectivity index (χ2n) is 8.84. The van der Waals surface area contributed by atoms with Crippen molar-refractivity contribution in [1.82, 2.24) is 25.1 Å². The molecule has 2 aromatic heterocycles. The van der Waals surface area contributed by atoms with Crippen molar-refractivity contribution in [3.05, 3.63) is 102 Å². The number of fused-ring (bicyclic) bond motifs is 1. The van der Waals surface area contributed by atoms with Crippen molar-refractivity contribution in [2.75, 3.05) is 0 Å². The quantitative estimate of drug-likeness (QED) is 0.373. The average Bonchev–Trinajstić information content (AvgIpc) is 3.41. The zero-order chi connectivity index (χ0) is 25.1. The van der Waals surface area contributed by atoms with E-state index in [1.807, 2.05) is 65.3 Å². The summed E-state index contributed by atoms with van der Waals surface area (Å²) in [5.74, 6) is -0.506. The number of nitrogens with zero attached hydrogens (tertiary/aromatic N) is 3. The number of nitrogens with one attached hydrogen (secondary N) is 2. The molecule has 4 aromatic rings. The highest BCUT2D eigenvalue weighted by atomic mass is 16.5. The summed E-state index contributed by atoms with van der Waals surface area (Å²) in [7, 11) is 0. The number of urea groups is 1. The van der Waals surface area contributed by atoms with E-state index in [1.165, 1.54) is 0 Å². The number of carbonyl (C=O) groups excluding carboxylic acids is 3. The Labute approximate surface area is 207 Å². The van der Waals surface area contributed by atoms with Crippen LogP contribution < -0.4 is 15.5 Å². The zero-order valence-corrected chi connectivity index (χ0v) is 19.7. The van der Waals surface area contributed by atoms with Crippen molar-refractivity contribution in [2.45, 2.75) is 31.9 Å². The lowest BCUT2D eigenvalue weighted by atomic mass is 9.93. The number of benzene rings is 2. The summed E-state index contributed by atoms with van der Waals surface area (Å²) in [6.07, 6.45) is 4.83. The summed E-state index contributed by atoms with van der Waals surface area (Å²) in [6, 6.07) is 21.3. The molecule has 1 atom stereocenters. The summed E-state index contributed by atoms with van der Waals surface area (Å²) in [5, 5.41) is 3.45. The Bertz CT molecular complexity index is 1380. The number of imidazole rings is 1. The Morgan fingerprint density at radius 2 is 1.78 bits per heavy atom. The molecule has 182 valence electrons. The van der Waals surface area contributed by atoms with Gasteiger partial charge in [-0.3, -0.25) is 15.0 Å². The molecular formula is C27H25N5O4. The fourth-order valence-corrected chi connectivity index (χ4v) is 4.08. The van der Waals surface area contributed by atoms with E-state index < -0.39 is 23.4 Å². The molecule has 1 unspecified atom stereocenters. The number of aromatic nitrogens is 2. The molecule has 2 N–H and O–H groups in total. The van der Waals surface area contributed by atoms with Crippen LogP contribution in [0.25, 0.3) is 5.65 Å². The molecule has 9 heteroatoms. The van der Waals surface area contributed by atoms with Gasteiger partial charge in [0.1, 0.15) is 23.5 Å². The van der Waals surface area contributed by atoms with Crippen molar-refractivity contribution >= 4 is 23.5 Å². The maximum atomic E-state index is 13.0. The topological polar surface area (TPSA) is 105 Å². The molecule has 36 heavy (non-hydrogen) atoms. The minimum Gasteiger partial charge on any atom is -0.487 e. The predicted molar refractivity (Wildman–Crippen MR) is 132 cm³/mol. The highest BCUT2D eigenvalue weighted by Crippen LogP contribution is 2.23. The van der Waals surface area contributed by atoms with E-state index in [0.29, 0.717) is 18.6 Å². The van der Waals surface area contributed by atoms with Crippen LogP contribution in [-0.2, 0) is 17.8 Å². The highest BCUT2D eigenvalue weighted by Gasteiger charge is 2.48. The lowest BCUT2D eigenvalue weighted by molar-refractivity contribution is -0.132. The maximum absolute atomic E-state index is 13.0. The van der Waals surface area contributed by atoms with Gasteiger partial charge in [0.05, 0.1) is 5.69 Å². The molecule has 1 aliphatic rings. The molecule has 0 bridgehead atoms. The van der Waals surface area contributed by atoms with Gasteiger partial charge in [-0.25, -0.2) is 9.78 Å². The fraction of sp³-hybridized carbons (Fsp3) is 0.185. The van der Waals surface area contributed by atoms with Crippen LogP contribution in [0.5, 0.6) is 5.75 Å². The summed E-state index contributed by atoms with van der Waals surface area (Å²) >= 11 is 0. The summed E-state index contributed by atoms with van der Waals surface area (Å²) in [5.41, 5.74) is 4.27. The van der Waals surface area contributed by atoms with E-state index >= 15 is 0 Å². The third-order valence-electron chi connectivity index (χ3n) is 6.15. The van der Waals surface area contributed by atoms with Gasteiger partial charge >= 0.3 is 6.03 Å². The molecule has 0 aliphatic carbocycles. The van der Waals surface area contributed by atoms with Crippen LogP contribution in [0.15, 0.2) is 85.2 Å². The first-order chi connectivity index (χ1) is 17.4. The number of hydrogen-bond donors (Lipinski definition) is 2. The number of imide groups is 1. The maximum Gasteiger partial charge on any atom is 0.344 e. The SMILES string of the molecule is CC1(CCc2ccccc2)NC(=O)N(NC(=O)c2ccc(OCc3cn4ccccc4n3)cc2)C1=O. The molecule has 3 heterocycles. The number of aryl methyl sites for hydroxylation is 1. The van der Waals surface area contributed by atoms with Crippen molar-refractivity contribution in [1.29, 1.82) is 0 Å². The van der Waals surface area contributed by atoms with Crippen molar-refractivity contribution < 1.29 is 19.1 Å². The number of hydrogen-bond acceptors (Lipinski definition) is 5. The van der Waals surface area contributed by atoms with Crippen LogP contribution in [0.3, 0.4) is 0 Å². The second kappa shape index (κ2) is 9.53. The molecule has 9 nitrogen and oxygen atoms in total. The van der Waals surface area contributed by atoms with Crippen LogP contribution in [0, 0.1) is 0 Å². The lowest BCUT2D eigenvalue weighted by Gasteiger charge is -2.21. The summed E-state index contributed by atoms with van der Waals surface area (Å²) < 4.78 is 7.69. The third kappa shape index (κ3) is 4.76. The molecule has 1 saturated heterocycles. The minimum atomic E-state index is -1.10. The monoisotopic (exact) mass is 483 g/mol. The van der Waals surface area contributed by atoms with E-state index in [-0.39, 0.29) is 12.2 Å². The Kier molecular flexibility index (Phi) is 6.12. The zero-order valence-electron chi connectivity index (χ0n) is 19.7. The average molecular weight is 484 g/mol. The molecule has 2 aromatic carbocycles. The fourth-order valence-electron chi connectivity index (χ4n) is 4.08. The summed E-state index contributed by atoms with van der Waals surface area (Å²) in [4.78, 5) is 42.7. The van der Waals surface area contributed by atoms with Gasteiger partial charge in [0.15, 0.2) is 0 Å². The number of ether oxygens (including phenoxy) is 1. The first-order valence-electron chi connectivity index (χ1n) is 11.6. The molecule has 5 rings (SSSR count). The van der Waals surface area contributed by atoms with E-state index in [9.17, 15) is 14.4 Å². The third-order valence-corrected chi connectivity index (χ3v) is 6.15. The minimum absolute atomic E-state index is 0.275. The number of rotatable bonds is 8. The largest absolute Gasteiger partial charge is 0.487 e. The molecule has 0 saturated carbocycles. The van der Waals surface area contributed by atoms with Crippen molar-refractivity contribution in [3.8, 4) is 5.75 Å². The molecule has 1 aliphatic heterocycles. The van der Waals surface area contributed by atoms with Gasteiger partial charge in [-0.1, -0.05) is 36.4 Å². The smallest absolute Gasteiger partial charge is 0.344 e. The normalized spacial score (nSPS) is 17.3. The van der Waals surface area contributed by atoms with Gasteiger partial charge < -0.3 is 14.5 Å². The Balaban J connectivity index is 1.17. The van der Waals surface area contributed by atoms with Crippen LogP contribution >= 0.6 is 0 Å². The molecule has 4 amide bonds. The summed E-state index contributed by atoms with van der Waals surface area (Å²) in [6.45, 7) is 1.94. The van der Waals surface area contributed by atoms with Crippen molar-refractivity contribution in [3.63, 3.8) is 0 Å².